The minimum Gasteiger partial charge on any atom is -0.507 e. The largest absolute Gasteiger partial charge is 0.507 e. The first-order chi connectivity index (χ1) is 13.1. The van der Waals surface area contributed by atoms with E-state index in [9.17, 15) is 9.90 Å². The van der Waals surface area contributed by atoms with Gasteiger partial charge in [-0.3, -0.25) is 4.79 Å². The van der Waals surface area contributed by atoms with Crippen molar-refractivity contribution in [3.8, 4) is 17.2 Å². The van der Waals surface area contributed by atoms with E-state index in [0.717, 1.165) is 29.8 Å². The molecule has 1 amide bonds. The molecular formula is C21H23N3O3. The molecule has 6 nitrogen and oxygen atoms in total. The average Bonchev–Trinajstić information content (AvgIpc) is 3.07. The lowest BCUT2D eigenvalue weighted by molar-refractivity contribution is 0.0950. The van der Waals surface area contributed by atoms with E-state index in [-0.39, 0.29) is 17.2 Å². The summed E-state index contributed by atoms with van der Waals surface area (Å²) in [6.07, 6.45) is 3.61. The van der Waals surface area contributed by atoms with E-state index < -0.39 is 0 Å². The zero-order chi connectivity index (χ0) is 19.2. The molecule has 6 heteroatoms. The molecule has 2 N–H and O–H groups in total. The van der Waals surface area contributed by atoms with E-state index in [0.29, 0.717) is 12.3 Å². The van der Waals surface area contributed by atoms with Crippen LogP contribution in [0, 0.1) is 6.92 Å². The third-order valence-corrected chi connectivity index (χ3v) is 4.38. The van der Waals surface area contributed by atoms with E-state index in [4.69, 9.17) is 4.74 Å². The van der Waals surface area contributed by atoms with Crippen LogP contribution in [-0.2, 0) is 6.42 Å². The number of ether oxygens (including phenoxy) is 1. The monoisotopic (exact) mass is 365 g/mol. The number of methoxy groups -OCH3 is 1. The Labute approximate surface area is 158 Å². The molecule has 0 aliphatic heterocycles. The van der Waals surface area contributed by atoms with Crippen molar-refractivity contribution in [1.29, 1.82) is 0 Å². The molecule has 0 unspecified atom stereocenters. The fourth-order valence-electron chi connectivity index (χ4n) is 2.85. The summed E-state index contributed by atoms with van der Waals surface area (Å²) in [6.45, 7) is 2.49. The molecule has 2 aromatic carbocycles. The number of para-hydroxylation sites is 1. The quantitative estimate of drug-likeness (QED) is 0.630. The minimum atomic E-state index is -0.317. The predicted molar refractivity (Wildman–Crippen MR) is 104 cm³/mol. The van der Waals surface area contributed by atoms with E-state index in [1.165, 1.54) is 19.2 Å². The maximum absolute atomic E-state index is 12.3. The van der Waals surface area contributed by atoms with Gasteiger partial charge in [0, 0.05) is 12.7 Å². The summed E-state index contributed by atoms with van der Waals surface area (Å²) in [5.41, 5.74) is 3.36. The van der Waals surface area contributed by atoms with Crippen molar-refractivity contribution >= 4 is 5.91 Å². The highest BCUT2D eigenvalue weighted by Gasteiger charge is 2.12. The number of phenolic OH excluding ortho intramolecular Hbond substituents is 1. The molecule has 3 rings (SSSR count). The molecule has 0 radical (unpaired) electrons. The molecule has 0 spiro atoms. The second kappa shape index (κ2) is 8.40. The van der Waals surface area contributed by atoms with Gasteiger partial charge in [-0.2, -0.15) is 5.10 Å². The summed E-state index contributed by atoms with van der Waals surface area (Å²) in [7, 11) is 1.52. The van der Waals surface area contributed by atoms with Gasteiger partial charge in [-0.1, -0.05) is 18.2 Å². The van der Waals surface area contributed by atoms with Crippen molar-refractivity contribution in [2.24, 2.45) is 0 Å². The third-order valence-electron chi connectivity index (χ3n) is 4.38. The first-order valence-corrected chi connectivity index (χ1v) is 8.84. The van der Waals surface area contributed by atoms with Crippen molar-refractivity contribution in [2.45, 2.75) is 19.8 Å². The lowest BCUT2D eigenvalue weighted by Gasteiger charge is -2.08. The number of nitrogens with zero attached hydrogens (tertiary/aromatic N) is 2. The Hall–Kier alpha value is -3.28. The topological polar surface area (TPSA) is 76.4 Å². The number of benzene rings is 2. The highest BCUT2D eigenvalue weighted by molar-refractivity contribution is 5.97. The molecule has 1 aromatic heterocycles. The first-order valence-electron chi connectivity index (χ1n) is 8.84. The molecule has 27 heavy (non-hydrogen) atoms. The summed E-state index contributed by atoms with van der Waals surface area (Å²) >= 11 is 0. The zero-order valence-electron chi connectivity index (χ0n) is 15.5. The molecule has 1 heterocycles. The van der Waals surface area contributed by atoms with Crippen LogP contribution >= 0.6 is 0 Å². The second-order valence-corrected chi connectivity index (χ2v) is 6.26. The molecule has 0 aliphatic carbocycles. The number of nitrogens with one attached hydrogen (secondary N) is 1. The first kappa shape index (κ1) is 18.5. The Morgan fingerprint density at radius 3 is 2.74 bits per heavy atom. The van der Waals surface area contributed by atoms with Crippen LogP contribution in [0.1, 0.15) is 28.0 Å². The van der Waals surface area contributed by atoms with Crippen molar-refractivity contribution < 1.29 is 14.6 Å². The fourth-order valence-corrected chi connectivity index (χ4v) is 2.85. The smallest absolute Gasteiger partial charge is 0.255 e. The molecule has 0 atom stereocenters. The Bertz CT molecular complexity index is 920. The van der Waals surface area contributed by atoms with Crippen LogP contribution in [0.3, 0.4) is 0 Å². The number of carbonyl (C=O) groups excluding carboxylic acids is 1. The van der Waals surface area contributed by atoms with Crippen LogP contribution < -0.4 is 10.1 Å². The van der Waals surface area contributed by atoms with Crippen molar-refractivity contribution in [3.63, 3.8) is 0 Å². The Morgan fingerprint density at radius 1 is 1.22 bits per heavy atom. The van der Waals surface area contributed by atoms with Gasteiger partial charge in [-0.05, 0) is 55.7 Å². The lowest BCUT2D eigenvalue weighted by Crippen LogP contribution is -2.24. The number of hydrogen-bond donors (Lipinski definition) is 2. The number of aromatic hydroxyl groups is 1. The van der Waals surface area contributed by atoms with Gasteiger partial charge < -0.3 is 15.2 Å². The number of aromatic nitrogens is 2. The summed E-state index contributed by atoms with van der Waals surface area (Å²) in [5, 5.41) is 17.2. The molecule has 3 aromatic rings. The number of carbonyl (C=O) groups is 1. The van der Waals surface area contributed by atoms with Crippen LogP contribution in [0.5, 0.6) is 11.5 Å². The van der Waals surface area contributed by atoms with Crippen molar-refractivity contribution in [3.05, 3.63) is 71.5 Å². The zero-order valence-corrected chi connectivity index (χ0v) is 15.5. The number of phenols is 1. The van der Waals surface area contributed by atoms with Crippen molar-refractivity contribution in [2.75, 3.05) is 13.7 Å². The van der Waals surface area contributed by atoms with Gasteiger partial charge >= 0.3 is 0 Å². The van der Waals surface area contributed by atoms with Crippen molar-refractivity contribution in [1.82, 2.24) is 15.1 Å². The SMILES string of the molecule is COc1ccc(O)c(C(=O)NCCCc2cn(-c3ccccc3)nc2C)c1. The van der Waals surface area contributed by atoms with E-state index >= 15 is 0 Å². The highest BCUT2D eigenvalue weighted by atomic mass is 16.5. The number of hydrogen-bond acceptors (Lipinski definition) is 4. The van der Waals surface area contributed by atoms with Gasteiger partial charge in [0.25, 0.3) is 5.91 Å². The highest BCUT2D eigenvalue weighted by Crippen LogP contribution is 2.22. The van der Waals surface area contributed by atoms with Gasteiger partial charge in [0.15, 0.2) is 0 Å². The maximum Gasteiger partial charge on any atom is 0.255 e. The van der Waals surface area contributed by atoms with E-state index in [2.05, 4.69) is 10.4 Å². The minimum absolute atomic E-state index is 0.0618. The maximum atomic E-state index is 12.3. The standard InChI is InChI=1S/C21H23N3O3/c1-15-16(14-24(23-15)17-8-4-3-5-9-17)7-6-12-22-21(26)19-13-18(27-2)10-11-20(19)25/h3-5,8-11,13-14,25H,6-7,12H2,1-2H3,(H,22,26). The van der Waals surface area contributed by atoms with E-state index in [1.54, 1.807) is 6.07 Å². The van der Waals surface area contributed by atoms with Crippen LogP contribution in [0.2, 0.25) is 0 Å². The van der Waals surface area contributed by atoms with Crippen LogP contribution in [0.4, 0.5) is 0 Å². The molecule has 140 valence electrons. The predicted octanol–water partition coefficient (Wildman–Crippen LogP) is 3.26. The van der Waals surface area contributed by atoms with E-state index in [1.807, 2.05) is 48.1 Å². The number of amides is 1. The molecular weight excluding hydrogens is 342 g/mol. The Morgan fingerprint density at radius 2 is 2.00 bits per heavy atom. The normalized spacial score (nSPS) is 10.6. The number of rotatable bonds is 7. The van der Waals surface area contributed by atoms with Gasteiger partial charge in [0.1, 0.15) is 11.5 Å². The third kappa shape index (κ3) is 4.47. The molecule has 0 bridgehead atoms. The summed E-state index contributed by atoms with van der Waals surface area (Å²) in [6, 6.07) is 14.6. The fraction of sp³-hybridized carbons (Fsp3) is 0.238. The molecule has 0 fully saturated rings. The lowest BCUT2D eigenvalue weighted by atomic mass is 10.1. The van der Waals surface area contributed by atoms with Gasteiger partial charge in [-0.25, -0.2) is 4.68 Å². The second-order valence-electron chi connectivity index (χ2n) is 6.26. The van der Waals surface area contributed by atoms with Crippen LogP contribution in [0.15, 0.2) is 54.7 Å². The summed E-state index contributed by atoms with van der Waals surface area (Å²) < 4.78 is 6.97. The molecule has 0 saturated carbocycles. The number of aryl methyl sites for hydroxylation is 2. The Kier molecular flexibility index (Phi) is 5.76. The summed E-state index contributed by atoms with van der Waals surface area (Å²) in [5.74, 6) is 0.151. The van der Waals surface area contributed by atoms with Gasteiger partial charge in [0.05, 0.1) is 24.1 Å². The molecule has 0 saturated heterocycles. The average molecular weight is 365 g/mol. The summed E-state index contributed by atoms with van der Waals surface area (Å²) in [4.78, 5) is 12.3. The molecule has 0 aliphatic rings. The van der Waals surface area contributed by atoms with Gasteiger partial charge in [-0.15, -0.1) is 0 Å². The Balaban J connectivity index is 1.55. The van der Waals surface area contributed by atoms with Crippen LogP contribution in [-0.4, -0.2) is 34.4 Å². The van der Waals surface area contributed by atoms with Crippen LogP contribution in [0.25, 0.3) is 5.69 Å². The van der Waals surface area contributed by atoms with Gasteiger partial charge in [0.2, 0.25) is 0 Å².